The largest absolute Gasteiger partial charge is 0.325 e. The van der Waals surface area contributed by atoms with Crippen LogP contribution in [0.15, 0.2) is 53.4 Å². The Labute approximate surface area is 168 Å². The Balaban J connectivity index is 1.65. The van der Waals surface area contributed by atoms with Crippen LogP contribution >= 0.6 is 11.8 Å². The van der Waals surface area contributed by atoms with E-state index in [1.165, 1.54) is 11.1 Å². The highest BCUT2D eigenvalue weighted by Crippen LogP contribution is 2.32. The molecule has 3 amide bonds. The molecule has 0 saturated carbocycles. The van der Waals surface area contributed by atoms with E-state index in [0.29, 0.717) is 10.6 Å². The molecule has 2 aromatic rings. The molecule has 6 heteroatoms. The lowest BCUT2D eigenvalue weighted by Crippen LogP contribution is -2.36. The first-order valence-corrected chi connectivity index (χ1v) is 10.0. The number of carbonyl (C=O) groups excluding carboxylic acids is 3. The normalized spacial score (nSPS) is 15.4. The zero-order valence-electron chi connectivity index (χ0n) is 15.9. The molecule has 1 N–H and O–H groups in total. The summed E-state index contributed by atoms with van der Waals surface area (Å²) in [6.07, 6.45) is 3.54. The first-order chi connectivity index (χ1) is 13.5. The van der Waals surface area contributed by atoms with Gasteiger partial charge in [0.05, 0.1) is 4.91 Å². The van der Waals surface area contributed by atoms with Crippen LogP contribution in [-0.2, 0) is 22.4 Å². The van der Waals surface area contributed by atoms with Crippen molar-refractivity contribution < 1.29 is 14.4 Å². The van der Waals surface area contributed by atoms with Crippen LogP contribution in [0, 0.1) is 0 Å². The summed E-state index contributed by atoms with van der Waals surface area (Å²) in [5, 5.41) is 2.29. The van der Waals surface area contributed by atoms with Gasteiger partial charge in [0.1, 0.15) is 6.54 Å². The van der Waals surface area contributed by atoms with E-state index in [0.717, 1.165) is 35.1 Å². The molecule has 144 valence electrons. The monoisotopic (exact) mass is 394 g/mol. The molecular weight excluding hydrogens is 372 g/mol. The molecule has 0 bridgehead atoms. The van der Waals surface area contributed by atoms with Crippen LogP contribution in [0.5, 0.6) is 0 Å². The van der Waals surface area contributed by atoms with Crippen LogP contribution in [0.25, 0.3) is 6.08 Å². The molecule has 0 unspecified atom stereocenters. The van der Waals surface area contributed by atoms with Gasteiger partial charge in [0, 0.05) is 5.69 Å². The summed E-state index contributed by atoms with van der Waals surface area (Å²) in [6, 6.07) is 15.3. The number of hydrogen-bond donors (Lipinski definition) is 1. The Morgan fingerprint density at radius 3 is 2.11 bits per heavy atom. The summed E-state index contributed by atoms with van der Waals surface area (Å²) in [7, 11) is 0. The number of nitrogens with zero attached hydrogens (tertiary/aromatic N) is 1. The van der Waals surface area contributed by atoms with Crippen LogP contribution in [0.3, 0.4) is 0 Å². The van der Waals surface area contributed by atoms with E-state index in [-0.39, 0.29) is 6.54 Å². The molecule has 1 aliphatic heterocycles. The summed E-state index contributed by atoms with van der Waals surface area (Å²) in [5.41, 5.74) is 3.86. The number of nitrogens with one attached hydrogen (secondary N) is 1. The lowest BCUT2D eigenvalue weighted by molar-refractivity contribution is -0.127. The van der Waals surface area contributed by atoms with Crippen molar-refractivity contribution in [1.82, 2.24) is 4.90 Å². The van der Waals surface area contributed by atoms with E-state index >= 15 is 0 Å². The van der Waals surface area contributed by atoms with E-state index in [4.69, 9.17) is 0 Å². The van der Waals surface area contributed by atoms with E-state index in [9.17, 15) is 14.4 Å². The maximum atomic E-state index is 12.6. The molecule has 1 saturated heterocycles. The van der Waals surface area contributed by atoms with Crippen molar-refractivity contribution in [3.63, 3.8) is 0 Å². The van der Waals surface area contributed by atoms with E-state index in [2.05, 4.69) is 19.2 Å². The van der Waals surface area contributed by atoms with Crippen molar-refractivity contribution in [2.45, 2.75) is 26.7 Å². The molecule has 1 fully saturated rings. The van der Waals surface area contributed by atoms with Crippen LogP contribution in [0.1, 0.15) is 30.5 Å². The minimum atomic E-state index is -0.439. The van der Waals surface area contributed by atoms with E-state index in [1.54, 1.807) is 6.08 Å². The first-order valence-electron chi connectivity index (χ1n) is 9.23. The lowest BCUT2D eigenvalue weighted by atomic mass is 10.1. The Morgan fingerprint density at radius 1 is 0.964 bits per heavy atom. The van der Waals surface area contributed by atoms with Crippen LogP contribution in [0.2, 0.25) is 0 Å². The van der Waals surface area contributed by atoms with Crippen molar-refractivity contribution in [3.8, 4) is 0 Å². The topological polar surface area (TPSA) is 66.5 Å². The molecule has 28 heavy (non-hydrogen) atoms. The molecular formula is C22H22N2O3S. The van der Waals surface area contributed by atoms with Crippen LogP contribution in [0.4, 0.5) is 10.5 Å². The van der Waals surface area contributed by atoms with E-state index < -0.39 is 17.1 Å². The average molecular weight is 394 g/mol. The highest BCUT2D eigenvalue weighted by Gasteiger charge is 2.36. The van der Waals surface area contributed by atoms with Gasteiger partial charge < -0.3 is 5.32 Å². The van der Waals surface area contributed by atoms with Crippen molar-refractivity contribution >= 4 is 40.6 Å². The van der Waals surface area contributed by atoms with Crippen LogP contribution < -0.4 is 5.32 Å². The number of benzene rings is 2. The van der Waals surface area contributed by atoms with Gasteiger partial charge in [-0.05, 0) is 59.5 Å². The Hall–Kier alpha value is -2.86. The molecule has 2 aromatic carbocycles. The summed E-state index contributed by atoms with van der Waals surface area (Å²) in [6.45, 7) is 3.83. The smallest absolute Gasteiger partial charge is 0.294 e. The predicted molar refractivity (Wildman–Crippen MR) is 113 cm³/mol. The second kappa shape index (κ2) is 8.89. The highest BCUT2D eigenvalue weighted by atomic mass is 32.2. The number of amides is 3. The van der Waals surface area contributed by atoms with Crippen molar-refractivity contribution in [1.29, 1.82) is 0 Å². The number of rotatable bonds is 6. The van der Waals surface area contributed by atoms with Gasteiger partial charge in [-0.15, -0.1) is 0 Å². The van der Waals surface area contributed by atoms with E-state index in [1.807, 2.05) is 48.5 Å². The van der Waals surface area contributed by atoms with Crippen molar-refractivity contribution in [2.24, 2.45) is 0 Å². The standard InChI is InChI=1S/C22H22N2O3S/c1-3-15-5-7-17(8-6-15)13-19-21(26)24(22(27)28-19)14-20(25)23-18-11-9-16(4-2)10-12-18/h5-13H,3-4,14H2,1-2H3,(H,23,25)/b19-13-. The third-order valence-corrected chi connectivity index (χ3v) is 5.41. The number of imide groups is 1. The number of thioether (sulfide) groups is 1. The predicted octanol–water partition coefficient (Wildman–Crippen LogP) is 4.49. The number of aryl methyl sites for hydroxylation is 2. The minimum Gasteiger partial charge on any atom is -0.325 e. The van der Waals surface area contributed by atoms with Gasteiger partial charge >= 0.3 is 0 Å². The zero-order valence-corrected chi connectivity index (χ0v) is 16.7. The Kier molecular flexibility index (Phi) is 6.31. The number of anilines is 1. The SMILES string of the molecule is CCc1ccc(/C=C2\SC(=O)N(CC(=O)Nc3ccc(CC)cc3)C2=O)cc1. The number of hydrogen-bond acceptors (Lipinski definition) is 4. The summed E-state index contributed by atoms with van der Waals surface area (Å²) < 4.78 is 0. The molecule has 0 radical (unpaired) electrons. The van der Waals surface area contributed by atoms with Crippen molar-refractivity contribution in [2.75, 3.05) is 11.9 Å². The summed E-state index contributed by atoms with van der Waals surface area (Å²) >= 11 is 0.858. The van der Waals surface area contributed by atoms with Crippen molar-refractivity contribution in [3.05, 3.63) is 70.1 Å². The molecule has 0 aromatic heterocycles. The quantitative estimate of drug-likeness (QED) is 0.733. The van der Waals surface area contributed by atoms with Gasteiger partial charge in [0.25, 0.3) is 11.1 Å². The van der Waals surface area contributed by atoms with Gasteiger partial charge in [-0.1, -0.05) is 50.2 Å². The van der Waals surface area contributed by atoms with Gasteiger partial charge in [0.15, 0.2) is 0 Å². The third-order valence-electron chi connectivity index (χ3n) is 4.51. The first kappa shape index (κ1) is 19.9. The van der Waals surface area contributed by atoms with Gasteiger partial charge in [-0.25, -0.2) is 0 Å². The third kappa shape index (κ3) is 4.70. The maximum absolute atomic E-state index is 12.6. The highest BCUT2D eigenvalue weighted by molar-refractivity contribution is 8.18. The molecule has 1 aliphatic rings. The molecule has 1 heterocycles. The van der Waals surface area contributed by atoms with Crippen LogP contribution in [-0.4, -0.2) is 28.5 Å². The molecule has 0 spiro atoms. The van der Waals surface area contributed by atoms with Gasteiger partial charge in [-0.2, -0.15) is 0 Å². The fraction of sp³-hybridized carbons (Fsp3) is 0.227. The summed E-state index contributed by atoms with van der Waals surface area (Å²) in [5.74, 6) is -0.842. The maximum Gasteiger partial charge on any atom is 0.294 e. The van der Waals surface area contributed by atoms with Gasteiger partial charge in [0.2, 0.25) is 5.91 Å². The zero-order chi connectivity index (χ0) is 20.1. The number of carbonyl (C=O) groups is 3. The lowest BCUT2D eigenvalue weighted by Gasteiger charge is -2.12. The fourth-order valence-electron chi connectivity index (χ4n) is 2.81. The second-order valence-electron chi connectivity index (χ2n) is 6.46. The molecule has 5 nitrogen and oxygen atoms in total. The Bertz CT molecular complexity index is 918. The second-order valence-corrected chi connectivity index (χ2v) is 7.45. The Morgan fingerprint density at radius 2 is 1.54 bits per heavy atom. The average Bonchev–Trinajstić information content (AvgIpc) is 2.96. The minimum absolute atomic E-state index is 0.299. The molecule has 0 atom stereocenters. The molecule has 3 rings (SSSR count). The fourth-order valence-corrected chi connectivity index (χ4v) is 3.64. The summed E-state index contributed by atoms with van der Waals surface area (Å²) in [4.78, 5) is 38.3. The molecule has 0 aliphatic carbocycles. The van der Waals surface area contributed by atoms with Gasteiger partial charge in [-0.3, -0.25) is 19.3 Å².